The highest BCUT2D eigenvalue weighted by Gasteiger charge is 2.18. The van der Waals surface area contributed by atoms with E-state index in [0.29, 0.717) is 5.56 Å². The van der Waals surface area contributed by atoms with Crippen LogP contribution in [-0.4, -0.2) is 19.5 Å². The van der Waals surface area contributed by atoms with Crippen LogP contribution in [0.2, 0.25) is 0 Å². The predicted octanol–water partition coefficient (Wildman–Crippen LogP) is 2.43. The largest absolute Gasteiger partial charge is 0.478 e. The van der Waals surface area contributed by atoms with E-state index >= 15 is 0 Å². The Labute approximate surface area is 125 Å². The number of thiophene rings is 1. The predicted molar refractivity (Wildman–Crippen MR) is 78.0 cm³/mol. The van der Waals surface area contributed by atoms with Gasteiger partial charge >= 0.3 is 5.97 Å². The van der Waals surface area contributed by atoms with Gasteiger partial charge in [0.2, 0.25) is 0 Å². The summed E-state index contributed by atoms with van der Waals surface area (Å²) in [5.41, 5.74) is 0.782. The molecule has 0 saturated heterocycles. The number of anilines is 1. The van der Waals surface area contributed by atoms with Crippen LogP contribution in [0, 0.1) is 18.3 Å². The van der Waals surface area contributed by atoms with Gasteiger partial charge in [-0.2, -0.15) is 5.26 Å². The zero-order valence-electron chi connectivity index (χ0n) is 10.8. The zero-order valence-corrected chi connectivity index (χ0v) is 12.5. The molecule has 0 aliphatic heterocycles. The van der Waals surface area contributed by atoms with Crippen LogP contribution in [0.5, 0.6) is 0 Å². The molecule has 0 spiro atoms. The first-order chi connectivity index (χ1) is 9.83. The van der Waals surface area contributed by atoms with Gasteiger partial charge < -0.3 is 5.11 Å². The number of rotatable bonds is 4. The van der Waals surface area contributed by atoms with Crippen LogP contribution >= 0.6 is 11.3 Å². The van der Waals surface area contributed by atoms with Gasteiger partial charge in [-0.25, -0.2) is 13.2 Å². The number of aryl methyl sites for hydroxylation is 1. The highest BCUT2D eigenvalue weighted by Crippen LogP contribution is 2.25. The second kappa shape index (κ2) is 5.55. The monoisotopic (exact) mass is 322 g/mol. The number of benzene rings is 1. The van der Waals surface area contributed by atoms with Gasteiger partial charge in [0.25, 0.3) is 10.0 Å². The van der Waals surface area contributed by atoms with Gasteiger partial charge in [-0.3, -0.25) is 4.72 Å². The molecule has 0 unspecified atom stereocenters. The summed E-state index contributed by atoms with van der Waals surface area (Å²) in [5, 5.41) is 17.7. The van der Waals surface area contributed by atoms with Crippen LogP contribution in [0.15, 0.2) is 34.5 Å². The summed E-state index contributed by atoms with van der Waals surface area (Å²) in [7, 11) is -3.84. The summed E-state index contributed by atoms with van der Waals surface area (Å²) < 4.78 is 26.8. The molecule has 8 heteroatoms. The molecule has 0 aliphatic rings. The van der Waals surface area contributed by atoms with Crippen molar-refractivity contribution in [2.45, 2.75) is 11.1 Å². The van der Waals surface area contributed by atoms with E-state index in [1.807, 2.05) is 6.07 Å². The van der Waals surface area contributed by atoms with Crippen molar-refractivity contribution in [2.24, 2.45) is 0 Å². The quantitative estimate of drug-likeness (QED) is 0.899. The van der Waals surface area contributed by atoms with Crippen molar-refractivity contribution in [1.82, 2.24) is 0 Å². The van der Waals surface area contributed by atoms with Crippen LogP contribution in [0.25, 0.3) is 0 Å². The normalized spacial score (nSPS) is 10.9. The highest BCUT2D eigenvalue weighted by atomic mass is 32.2. The summed E-state index contributed by atoms with van der Waals surface area (Å²) in [6.07, 6.45) is 0. The van der Waals surface area contributed by atoms with Crippen molar-refractivity contribution >= 4 is 33.0 Å². The topological polar surface area (TPSA) is 107 Å². The molecule has 6 nitrogen and oxygen atoms in total. The molecule has 2 aromatic rings. The number of nitrogens with one attached hydrogen (secondary N) is 1. The van der Waals surface area contributed by atoms with Crippen LogP contribution in [0.4, 0.5) is 5.69 Å². The molecule has 0 aliphatic carbocycles. The Hall–Kier alpha value is -2.37. The van der Waals surface area contributed by atoms with Crippen molar-refractivity contribution in [2.75, 3.05) is 4.72 Å². The minimum absolute atomic E-state index is 0.000761. The van der Waals surface area contributed by atoms with Gasteiger partial charge in [-0.15, -0.1) is 11.3 Å². The fourth-order valence-corrected chi connectivity index (χ4v) is 3.81. The van der Waals surface area contributed by atoms with Gasteiger partial charge in [-0.1, -0.05) is 6.07 Å². The molecule has 1 heterocycles. The number of hydrogen-bond acceptors (Lipinski definition) is 5. The van der Waals surface area contributed by atoms with Gasteiger partial charge in [0.15, 0.2) is 0 Å². The minimum atomic E-state index is -3.84. The lowest BCUT2D eigenvalue weighted by atomic mass is 10.1. The fourth-order valence-electron chi connectivity index (χ4n) is 1.58. The van der Waals surface area contributed by atoms with Crippen LogP contribution in [-0.2, 0) is 10.0 Å². The van der Waals surface area contributed by atoms with E-state index in [1.54, 1.807) is 6.92 Å². The molecule has 1 aromatic heterocycles. The Kier molecular flexibility index (Phi) is 3.97. The fraction of sp³-hybridized carbons (Fsp3) is 0.0769. The molecular formula is C13H10N2O4S2. The van der Waals surface area contributed by atoms with Gasteiger partial charge in [0.1, 0.15) is 15.2 Å². The molecule has 0 atom stereocenters. The maximum atomic E-state index is 12.2. The lowest BCUT2D eigenvalue weighted by molar-refractivity contribution is 0.0697. The molecule has 21 heavy (non-hydrogen) atoms. The third-order valence-electron chi connectivity index (χ3n) is 2.69. The Morgan fingerprint density at radius 1 is 1.33 bits per heavy atom. The maximum absolute atomic E-state index is 12.2. The number of nitrogens with zero attached hydrogens (tertiary/aromatic N) is 1. The molecule has 0 bridgehead atoms. The Morgan fingerprint density at radius 3 is 2.62 bits per heavy atom. The molecule has 0 saturated carbocycles. The smallest absolute Gasteiger partial charge is 0.335 e. The third kappa shape index (κ3) is 3.21. The van der Waals surface area contributed by atoms with E-state index in [-0.39, 0.29) is 20.3 Å². The second-order valence-electron chi connectivity index (χ2n) is 4.17. The first-order valence-corrected chi connectivity index (χ1v) is 8.00. The Bertz CT molecular complexity index is 847. The number of carboxylic acid groups (broad SMARTS) is 1. The van der Waals surface area contributed by atoms with Crippen LogP contribution in [0.3, 0.4) is 0 Å². The summed E-state index contributed by atoms with van der Waals surface area (Å²) in [6, 6.07) is 8.80. The van der Waals surface area contributed by atoms with Crippen LogP contribution in [0.1, 0.15) is 20.8 Å². The van der Waals surface area contributed by atoms with Crippen molar-refractivity contribution in [3.05, 3.63) is 46.3 Å². The molecule has 1 aromatic carbocycles. The number of aromatic carboxylic acids is 1. The first kappa shape index (κ1) is 15.0. The molecule has 108 valence electrons. The van der Waals surface area contributed by atoms with E-state index < -0.39 is 16.0 Å². The van der Waals surface area contributed by atoms with Gasteiger partial charge in [0, 0.05) is 0 Å². The lowest BCUT2D eigenvalue weighted by Crippen LogP contribution is -2.13. The van der Waals surface area contributed by atoms with E-state index in [4.69, 9.17) is 10.4 Å². The average Bonchev–Trinajstić information content (AvgIpc) is 2.90. The number of carboxylic acids is 1. The Morgan fingerprint density at radius 2 is 2.05 bits per heavy atom. The van der Waals surface area contributed by atoms with Crippen molar-refractivity contribution < 1.29 is 18.3 Å². The standard InChI is InChI=1S/C13H10N2O4S2/c1-8-2-3-9(13(16)17)6-11(8)15-21(18,19)12-5-4-10(7-14)20-12/h2-6,15H,1H3,(H,16,17). The average molecular weight is 322 g/mol. The van der Waals surface area contributed by atoms with E-state index in [2.05, 4.69) is 4.72 Å². The van der Waals surface area contributed by atoms with E-state index in [9.17, 15) is 13.2 Å². The molecule has 0 amide bonds. The number of carbonyl (C=O) groups is 1. The number of hydrogen-bond donors (Lipinski definition) is 2. The molecule has 2 N–H and O–H groups in total. The van der Waals surface area contributed by atoms with Crippen molar-refractivity contribution in [1.29, 1.82) is 5.26 Å². The van der Waals surface area contributed by atoms with Crippen molar-refractivity contribution in [3.8, 4) is 6.07 Å². The number of nitriles is 1. The first-order valence-electron chi connectivity index (χ1n) is 5.70. The maximum Gasteiger partial charge on any atom is 0.335 e. The van der Waals surface area contributed by atoms with E-state index in [1.165, 1.54) is 30.3 Å². The molecule has 2 rings (SSSR count). The SMILES string of the molecule is Cc1ccc(C(=O)O)cc1NS(=O)(=O)c1ccc(C#N)s1. The van der Waals surface area contributed by atoms with Crippen molar-refractivity contribution in [3.63, 3.8) is 0 Å². The summed E-state index contributed by atoms with van der Waals surface area (Å²) in [5.74, 6) is -1.14. The zero-order chi connectivity index (χ0) is 15.6. The summed E-state index contributed by atoms with van der Waals surface area (Å²) in [6.45, 7) is 1.67. The van der Waals surface area contributed by atoms with Gasteiger partial charge in [0.05, 0.1) is 11.3 Å². The van der Waals surface area contributed by atoms with Gasteiger partial charge in [-0.05, 0) is 36.8 Å². The summed E-state index contributed by atoms with van der Waals surface area (Å²) >= 11 is 0.848. The van der Waals surface area contributed by atoms with Crippen LogP contribution < -0.4 is 4.72 Å². The minimum Gasteiger partial charge on any atom is -0.478 e. The third-order valence-corrected chi connectivity index (χ3v) is 5.53. The lowest BCUT2D eigenvalue weighted by Gasteiger charge is -2.10. The van der Waals surface area contributed by atoms with E-state index in [0.717, 1.165) is 11.3 Å². The summed E-state index contributed by atoms with van der Waals surface area (Å²) in [4.78, 5) is 11.2. The second-order valence-corrected chi connectivity index (χ2v) is 7.16. The molecule has 0 radical (unpaired) electrons. The highest BCUT2D eigenvalue weighted by molar-refractivity contribution is 7.94. The molecule has 0 fully saturated rings. The molecular weight excluding hydrogens is 312 g/mol. The number of sulfonamides is 1. The Balaban J connectivity index is 2.39.